The lowest BCUT2D eigenvalue weighted by Gasteiger charge is -2.32. The van der Waals surface area contributed by atoms with Crippen molar-refractivity contribution in [3.05, 3.63) is 35.9 Å². The molecule has 0 bridgehead atoms. The highest BCUT2D eigenvalue weighted by molar-refractivity contribution is 5.27. The molecule has 15 heavy (non-hydrogen) atoms. The fraction of sp³-hybridized carbons (Fsp3) is 0.455. The van der Waals surface area contributed by atoms with Crippen molar-refractivity contribution in [3.8, 4) is 0 Å². The van der Waals surface area contributed by atoms with Crippen molar-refractivity contribution >= 4 is 0 Å². The first-order valence-corrected chi connectivity index (χ1v) is 4.93. The zero-order valence-electron chi connectivity index (χ0n) is 8.14. The molecule has 1 fully saturated rings. The minimum Gasteiger partial charge on any atom is -0.300 e. The molecule has 1 aliphatic heterocycles. The van der Waals surface area contributed by atoms with E-state index < -0.39 is 11.7 Å². The van der Waals surface area contributed by atoms with Crippen LogP contribution in [0.25, 0.3) is 0 Å². The predicted molar refractivity (Wildman–Crippen MR) is 51.4 cm³/mol. The first-order valence-electron chi connectivity index (χ1n) is 4.93. The topological polar surface area (TPSA) is 12.0 Å². The molecular weight excluding hydrogens is 203 g/mol. The Hall–Kier alpha value is -1.03. The molecule has 1 nitrogen and oxygen atoms in total. The first-order chi connectivity index (χ1) is 7.06. The number of halogens is 3. The molecule has 1 N–H and O–H groups in total. The van der Waals surface area contributed by atoms with Gasteiger partial charge in [0.2, 0.25) is 0 Å². The van der Waals surface area contributed by atoms with Crippen molar-refractivity contribution in [1.29, 1.82) is 0 Å². The Morgan fingerprint density at radius 1 is 1.13 bits per heavy atom. The fourth-order valence-electron chi connectivity index (χ4n) is 2.12. The van der Waals surface area contributed by atoms with Crippen molar-refractivity contribution in [2.24, 2.45) is 0 Å². The SMILES string of the molecule is FC(F)(F)C1(c2ccccc2)CCCN1. The van der Waals surface area contributed by atoms with Gasteiger partial charge in [0.25, 0.3) is 0 Å². The molecule has 0 amide bonds. The second-order valence-electron chi connectivity index (χ2n) is 3.80. The van der Waals surface area contributed by atoms with Crippen LogP contribution in [0, 0.1) is 0 Å². The maximum atomic E-state index is 13.0. The van der Waals surface area contributed by atoms with Gasteiger partial charge in [-0.3, -0.25) is 5.32 Å². The summed E-state index contributed by atoms with van der Waals surface area (Å²) < 4.78 is 39.1. The van der Waals surface area contributed by atoms with E-state index >= 15 is 0 Å². The van der Waals surface area contributed by atoms with Crippen LogP contribution in [0.1, 0.15) is 18.4 Å². The molecule has 1 aromatic rings. The van der Waals surface area contributed by atoms with Crippen molar-refractivity contribution in [1.82, 2.24) is 5.32 Å². The van der Waals surface area contributed by atoms with E-state index in [0.717, 1.165) is 0 Å². The summed E-state index contributed by atoms with van der Waals surface area (Å²) in [5.41, 5.74) is -1.51. The molecule has 1 aromatic carbocycles. The number of hydrogen-bond donors (Lipinski definition) is 1. The van der Waals surface area contributed by atoms with Crippen molar-refractivity contribution in [2.45, 2.75) is 24.6 Å². The zero-order valence-corrected chi connectivity index (χ0v) is 8.14. The lowest BCUT2D eigenvalue weighted by Crippen LogP contribution is -2.49. The van der Waals surface area contributed by atoms with Crippen molar-refractivity contribution < 1.29 is 13.2 Å². The summed E-state index contributed by atoms with van der Waals surface area (Å²) in [6.45, 7) is 0.425. The van der Waals surface area contributed by atoms with Gasteiger partial charge in [-0.25, -0.2) is 0 Å². The van der Waals surface area contributed by atoms with Gasteiger partial charge in [0.15, 0.2) is 0 Å². The molecule has 0 aromatic heterocycles. The van der Waals surface area contributed by atoms with Crippen LogP contribution in [-0.4, -0.2) is 12.7 Å². The summed E-state index contributed by atoms with van der Waals surface area (Å²) in [4.78, 5) is 0. The Morgan fingerprint density at radius 2 is 1.80 bits per heavy atom. The molecule has 1 atom stereocenters. The third-order valence-electron chi connectivity index (χ3n) is 2.91. The van der Waals surface area contributed by atoms with Gasteiger partial charge in [-0.1, -0.05) is 30.3 Å². The van der Waals surface area contributed by atoms with E-state index in [1.807, 2.05) is 0 Å². The average Bonchev–Trinajstić information content (AvgIpc) is 2.68. The molecule has 2 rings (SSSR count). The van der Waals surface area contributed by atoms with Gasteiger partial charge in [-0.05, 0) is 24.9 Å². The molecule has 1 heterocycles. The summed E-state index contributed by atoms with van der Waals surface area (Å²) in [6, 6.07) is 8.08. The van der Waals surface area contributed by atoms with Crippen LogP contribution in [0.2, 0.25) is 0 Å². The molecule has 4 heteroatoms. The largest absolute Gasteiger partial charge is 0.410 e. The van der Waals surface area contributed by atoms with E-state index in [0.29, 0.717) is 18.5 Å². The summed E-state index contributed by atoms with van der Waals surface area (Å²) in [5.74, 6) is 0. The fourth-order valence-corrected chi connectivity index (χ4v) is 2.12. The third kappa shape index (κ3) is 1.63. The zero-order chi connectivity index (χ0) is 10.9. The highest BCUT2D eigenvalue weighted by atomic mass is 19.4. The van der Waals surface area contributed by atoms with Gasteiger partial charge in [0.05, 0.1) is 0 Å². The Labute approximate surface area is 86.3 Å². The second kappa shape index (κ2) is 3.52. The van der Waals surface area contributed by atoms with Crippen molar-refractivity contribution in [3.63, 3.8) is 0 Å². The lowest BCUT2D eigenvalue weighted by atomic mass is 9.88. The molecule has 0 aliphatic carbocycles. The van der Waals surface area contributed by atoms with E-state index in [4.69, 9.17) is 0 Å². The summed E-state index contributed by atoms with van der Waals surface area (Å²) in [6.07, 6.45) is -3.54. The van der Waals surface area contributed by atoms with E-state index in [-0.39, 0.29) is 6.42 Å². The van der Waals surface area contributed by atoms with Crippen LogP contribution in [0.15, 0.2) is 30.3 Å². The van der Waals surface area contributed by atoms with E-state index in [2.05, 4.69) is 5.32 Å². The Kier molecular flexibility index (Phi) is 2.46. The summed E-state index contributed by atoms with van der Waals surface area (Å²) in [5, 5.41) is 2.60. The molecular formula is C11H12F3N. The predicted octanol–water partition coefficient (Wildman–Crippen LogP) is 2.83. The molecule has 0 radical (unpaired) electrons. The molecule has 1 aliphatic rings. The van der Waals surface area contributed by atoms with E-state index in [1.54, 1.807) is 18.2 Å². The number of alkyl halides is 3. The van der Waals surface area contributed by atoms with Gasteiger partial charge >= 0.3 is 6.18 Å². The average molecular weight is 215 g/mol. The minimum atomic E-state index is -4.23. The monoisotopic (exact) mass is 215 g/mol. The van der Waals surface area contributed by atoms with Crippen LogP contribution in [0.3, 0.4) is 0 Å². The smallest absolute Gasteiger partial charge is 0.300 e. The number of benzene rings is 1. The lowest BCUT2D eigenvalue weighted by molar-refractivity contribution is -0.196. The minimum absolute atomic E-state index is 0.126. The van der Waals surface area contributed by atoms with E-state index in [1.165, 1.54) is 12.1 Å². The summed E-state index contributed by atoms with van der Waals surface area (Å²) >= 11 is 0. The van der Waals surface area contributed by atoms with Crippen LogP contribution in [-0.2, 0) is 5.54 Å². The molecule has 0 spiro atoms. The maximum absolute atomic E-state index is 13.0. The Balaban J connectivity index is 2.44. The quantitative estimate of drug-likeness (QED) is 0.759. The van der Waals surface area contributed by atoms with Crippen LogP contribution in [0.5, 0.6) is 0 Å². The van der Waals surface area contributed by atoms with Crippen LogP contribution in [0.4, 0.5) is 13.2 Å². The Bertz CT molecular complexity index is 325. The van der Waals surface area contributed by atoms with Gasteiger partial charge in [0, 0.05) is 0 Å². The molecule has 82 valence electrons. The van der Waals surface area contributed by atoms with Gasteiger partial charge in [-0.15, -0.1) is 0 Å². The molecule has 1 unspecified atom stereocenters. The van der Waals surface area contributed by atoms with Crippen LogP contribution < -0.4 is 5.32 Å². The molecule has 1 saturated heterocycles. The van der Waals surface area contributed by atoms with Gasteiger partial charge in [0.1, 0.15) is 5.54 Å². The number of rotatable bonds is 1. The van der Waals surface area contributed by atoms with Gasteiger partial charge in [-0.2, -0.15) is 13.2 Å². The first kappa shape index (κ1) is 10.5. The third-order valence-corrected chi connectivity index (χ3v) is 2.91. The normalized spacial score (nSPS) is 26.9. The second-order valence-corrected chi connectivity index (χ2v) is 3.80. The Morgan fingerprint density at radius 3 is 2.27 bits per heavy atom. The number of nitrogens with one attached hydrogen (secondary N) is 1. The highest BCUT2D eigenvalue weighted by Crippen LogP contribution is 2.44. The van der Waals surface area contributed by atoms with Crippen molar-refractivity contribution in [2.75, 3.05) is 6.54 Å². The standard InChI is InChI=1S/C11H12F3N/c12-11(13,14)10(7-4-8-15-10)9-5-2-1-3-6-9/h1-3,5-6,15H,4,7-8H2. The summed E-state index contributed by atoms with van der Waals surface area (Å²) in [7, 11) is 0. The van der Waals surface area contributed by atoms with Crippen LogP contribution >= 0.6 is 0 Å². The highest BCUT2D eigenvalue weighted by Gasteiger charge is 2.56. The molecule has 0 saturated carbocycles. The van der Waals surface area contributed by atoms with E-state index in [9.17, 15) is 13.2 Å². The van der Waals surface area contributed by atoms with Gasteiger partial charge < -0.3 is 0 Å². The maximum Gasteiger partial charge on any atom is 0.410 e. The number of hydrogen-bond acceptors (Lipinski definition) is 1.